The van der Waals surface area contributed by atoms with Crippen LogP contribution in [0, 0.1) is 0 Å². The van der Waals surface area contributed by atoms with Crippen molar-refractivity contribution in [2.75, 3.05) is 33.9 Å². The number of benzene rings is 1. The highest BCUT2D eigenvalue weighted by Crippen LogP contribution is 2.15. The Kier molecular flexibility index (Phi) is 9.48. The summed E-state index contributed by atoms with van der Waals surface area (Å²) in [6.07, 6.45) is 0. The summed E-state index contributed by atoms with van der Waals surface area (Å²) in [6.45, 7) is 0.984. The van der Waals surface area contributed by atoms with E-state index in [1.165, 1.54) is 0 Å². The third kappa shape index (κ3) is 9.55. The second kappa shape index (κ2) is 11.6. The quantitative estimate of drug-likeness (QED) is 0.560. The molecule has 152 valence electrons. The first-order chi connectivity index (χ1) is 13.2. The normalized spacial score (nSPS) is 10.0. The zero-order chi connectivity index (χ0) is 21.1. The van der Waals surface area contributed by atoms with Crippen molar-refractivity contribution in [3.8, 4) is 5.75 Å². The van der Waals surface area contributed by atoms with Crippen LogP contribution in [0.2, 0.25) is 5.02 Å². The number of carboxylic acid groups (broad SMARTS) is 1. The van der Waals surface area contributed by atoms with Crippen LogP contribution in [-0.2, 0) is 9.53 Å². The van der Waals surface area contributed by atoms with Crippen molar-refractivity contribution in [2.45, 2.75) is 0 Å². The van der Waals surface area contributed by atoms with Gasteiger partial charge in [-0.25, -0.2) is 14.4 Å². The Balaban J connectivity index is 0.000000307. The van der Waals surface area contributed by atoms with Crippen LogP contribution in [-0.4, -0.2) is 65.8 Å². The maximum absolute atomic E-state index is 11.3. The number of carboxylic acids is 1. The van der Waals surface area contributed by atoms with Crippen LogP contribution in [0.15, 0.2) is 39.9 Å². The molecule has 2 rings (SSSR count). The number of aromatic carboxylic acids is 1. The van der Waals surface area contributed by atoms with Crippen molar-refractivity contribution in [3.05, 3.63) is 61.9 Å². The van der Waals surface area contributed by atoms with Gasteiger partial charge < -0.3 is 24.5 Å². The summed E-state index contributed by atoms with van der Waals surface area (Å²) in [6, 6.07) is 7.61. The number of nitrogens with one attached hydrogen (secondary N) is 2. The fourth-order valence-electron chi connectivity index (χ4n) is 1.64. The molecule has 0 spiro atoms. The number of carbonyl (C=O) groups excluding carboxylic acids is 1. The Morgan fingerprint density at radius 2 is 1.79 bits per heavy atom. The first-order valence-corrected chi connectivity index (χ1v) is 8.31. The highest BCUT2D eigenvalue weighted by atomic mass is 35.5. The molecule has 0 aliphatic heterocycles. The maximum Gasteiger partial charge on any atom is 0.352 e. The largest absolute Gasteiger partial charge is 0.482 e. The lowest BCUT2D eigenvalue weighted by atomic mass is 10.3. The standard InChI is InChI=1S/C12H16ClNO3.C5H4N2O4/c1-14(2)7-8-16-12(15)9-17-11-5-3-10(13)4-6-11;8-3-1-2(4(9)10)6-5(11)7-3/h3-6H,7-9H2,1-2H3;1H,(H,9,10)(H2,6,7,8,11). The molecule has 2 aromatic rings. The number of likely N-dealkylation sites (N-methyl/N-ethyl adjacent to an activating group) is 1. The zero-order valence-corrected chi connectivity index (χ0v) is 16.0. The third-order valence-corrected chi connectivity index (χ3v) is 3.21. The number of aromatic amines is 2. The van der Waals surface area contributed by atoms with E-state index in [1.54, 1.807) is 24.3 Å². The molecule has 0 saturated carbocycles. The lowest BCUT2D eigenvalue weighted by molar-refractivity contribution is -0.146. The minimum atomic E-state index is -1.34. The van der Waals surface area contributed by atoms with Crippen molar-refractivity contribution < 1.29 is 24.2 Å². The smallest absolute Gasteiger partial charge is 0.352 e. The molecule has 1 aromatic carbocycles. The van der Waals surface area contributed by atoms with Gasteiger partial charge in [0.25, 0.3) is 5.56 Å². The first kappa shape index (κ1) is 22.9. The minimum Gasteiger partial charge on any atom is -0.482 e. The van der Waals surface area contributed by atoms with Gasteiger partial charge in [0.05, 0.1) is 0 Å². The summed E-state index contributed by atoms with van der Waals surface area (Å²) >= 11 is 5.72. The summed E-state index contributed by atoms with van der Waals surface area (Å²) in [5, 5.41) is 8.94. The number of esters is 1. The van der Waals surface area contributed by atoms with E-state index in [1.807, 2.05) is 29.0 Å². The van der Waals surface area contributed by atoms with Crippen LogP contribution < -0.4 is 16.0 Å². The molecule has 0 amide bonds. The van der Waals surface area contributed by atoms with E-state index in [4.69, 9.17) is 26.2 Å². The summed E-state index contributed by atoms with van der Waals surface area (Å²) in [5.74, 6) is -1.12. The molecule has 0 bridgehead atoms. The average Bonchev–Trinajstić information content (AvgIpc) is 2.60. The van der Waals surface area contributed by atoms with Gasteiger partial charge in [-0.15, -0.1) is 0 Å². The molecule has 1 heterocycles. The molecule has 28 heavy (non-hydrogen) atoms. The monoisotopic (exact) mass is 413 g/mol. The minimum absolute atomic E-state index is 0.0882. The van der Waals surface area contributed by atoms with Gasteiger partial charge in [0.2, 0.25) is 0 Å². The van der Waals surface area contributed by atoms with E-state index in [2.05, 4.69) is 0 Å². The van der Waals surface area contributed by atoms with Crippen LogP contribution >= 0.6 is 11.6 Å². The Morgan fingerprint density at radius 3 is 2.32 bits per heavy atom. The molecule has 0 radical (unpaired) electrons. The Bertz CT molecular complexity index is 862. The lowest BCUT2D eigenvalue weighted by Crippen LogP contribution is -2.24. The summed E-state index contributed by atoms with van der Waals surface area (Å²) in [5.41, 5.74) is -1.97. The Hall–Kier alpha value is -3.11. The van der Waals surface area contributed by atoms with Crippen LogP contribution in [0.1, 0.15) is 10.5 Å². The van der Waals surface area contributed by atoms with Crippen molar-refractivity contribution in [2.24, 2.45) is 0 Å². The molecule has 0 saturated heterocycles. The van der Waals surface area contributed by atoms with Gasteiger partial charge in [0.15, 0.2) is 6.61 Å². The number of rotatable bonds is 7. The molecule has 0 atom stereocenters. The first-order valence-electron chi connectivity index (χ1n) is 7.93. The summed E-state index contributed by atoms with van der Waals surface area (Å²) in [7, 11) is 3.83. The predicted octanol–water partition coefficient (Wildman–Crippen LogP) is 0.585. The zero-order valence-electron chi connectivity index (χ0n) is 15.2. The van der Waals surface area contributed by atoms with E-state index >= 15 is 0 Å². The fraction of sp³-hybridized carbons (Fsp3) is 0.294. The van der Waals surface area contributed by atoms with E-state index in [0.717, 1.165) is 6.07 Å². The Labute approximate surface area is 164 Å². The molecular weight excluding hydrogens is 394 g/mol. The van der Waals surface area contributed by atoms with Crippen molar-refractivity contribution in [1.82, 2.24) is 14.9 Å². The van der Waals surface area contributed by atoms with Crippen molar-refractivity contribution >= 4 is 23.5 Å². The average molecular weight is 414 g/mol. The van der Waals surface area contributed by atoms with Crippen molar-refractivity contribution in [1.29, 1.82) is 0 Å². The number of hydrogen-bond donors (Lipinski definition) is 3. The molecule has 3 N–H and O–H groups in total. The number of carbonyl (C=O) groups is 2. The van der Waals surface area contributed by atoms with Gasteiger partial charge in [0, 0.05) is 17.6 Å². The molecular formula is C17H20ClN3O7. The van der Waals surface area contributed by atoms with E-state index in [0.29, 0.717) is 23.9 Å². The van der Waals surface area contributed by atoms with Gasteiger partial charge in [-0.2, -0.15) is 0 Å². The van der Waals surface area contributed by atoms with Crippen molar-refractivity contribution in [3.63, 3.8) is 0 Å². The third-order valence-electron chi connectivity index (χ3n) is 2.96. The van der Waals surface area contributed by atoms with Gasteiger partial charge >= 0.3 is 17.6 Å². The SMILES string of the molecule is CN(C)CCOC(=O)COc1ccc(Cl)cc1.O=C(O)c1cc(=O)[nH]c(=O)[nH]1. The molecule has 10 nitrogen and oxygen atoms in total. The van der Waals surface area contributed by atoms with Gasteiger partial charge in [0.1, 0.15) is 18.1 Å². The molecule has 0 aliphatic carbocycles. The van der Waals surface area contributed by atoms with Gasteiger partial charge in [-0.05, 0) is 38.4 Å². The Morgan fingerprint density at radius 1 is 1.14 bits per heavy atom. The highest BCUT2D eigenvalue weighted by Gasteiger charge is 2.04. The fourth-order valence-corrected chi connectivity index (χ4v) is 1.77. The number of nitrogens with zero attached hydrogens (tertiary/aromatic N) is 1. The molecule has 0 aliphatic rings. The molecule has 11 heteroatoms. The van der Waals surface area contributed by atoms with Gasteiger partial charge in [-0.3, -0.25) is 9.78 Å². The van der Waals surface area contributed by atoms with Gasteiger partial charge in [-0.1, -0.05) is 11.6 Å². The topological polar surface area (TPSA) is 142 Å². The van der Waals surface area contributed by atoms with E-state index in [9.17, 15) is 19.2 Å². The van der Waals surface area contributed by atoms with Crippen LogP contribution in [0.5, 0.6) is 5.75 Å². The summed E-state index contributed by atoms with van der Waals surface area (Å²) < 4.78 is 10.2. The van der Waals surface area contributed by atoms with E-state index < -0.39 is 22.9 Å². The summed E-state index contributed by atoms with van der Waals surface area (Å²) in [4.78, 5) is 48.1. The molecule has 0 fully saturated rings. The van der Waals surface area contributed by atoms with Crippen LogP contribution in [0.3, 0.4) is 0 Å². The number of H-pyrrole nitrogens is 2. The number of ether oxygens (including phenoxy) is 2. The molecule has 0 unspecified atom stereocenters. The lowest BCUT2D eigenvalue weighted by Gasteiger charge is -2.10. The number of hydrogen-bond acceptors (Lipinski definition) is 7. The number of halogens is 1. The second-order valence-corrected chi connectivity index (χ2v) is 6.01. The van der Waals surface area contributed by atoms with Crippen LogP contribution in [0.4, 0.5) is 0 Å². The van der Waals surface area contributed by atoms with Crippen LogP contribution in [0.25, 0.3) is 0 Å². The second-order valence-electron chi connectivity index (χ2n) is 5.57. The predicted molar refractivity (Wildman–Crippen MR) is 101 cm³/mol. The van der Waals surface area contributed by atoms with E-state index in [-0.39, 0.29) is 12.6 Å². The number of aromatic nitrogens is 2. The molecule has 1 aromatic heterocycles. The maximum atomic E-state index is 11.3. The highest BCUT2D eigenvalue weighted by molar-refractivity contribution is 6.30.